The van der Waals surface area contributed by atoms with Gasteiger partial charge >= 0.3 is 5.97 Å². The minimum Gasteiger partial charge on any atom is -0.478 e. The molecule has 1 unspecified atom stereocenters. The minimum atomic E-state index is -1.01. The predicted octanol–water partition coefficient (Wildman–Crippen LogP) is 0.721. The van der Waals surface area contributed by atoms with Gasteiger partial charge in [-0.15, -0.1) is 0 Å². The third-order valence-electron chi connectivity index (χ3n) is 3.53. The number of carboxylic acids is 1. The van der Waals surface area contributed by atoms with Gasteiger partial charge in [0.2, 0.25) is 0 Å². The molecule has 0 spiro atoms. The summed E-state index contributed by atoms with van der Waals surface area (Å²) >= 11 is 0. The Kier molecular flexibility index (Phi) is 3.39. The first-order valence-corrected chi connectivity index (χ1v) is 6.64. The zero-order chi connectivity index (χ0) is 14.8. The van der Waals surface area contributed by atoms with E-state index in [-0.39, 0.29) is 17.5 Å². The summed E-state index contributed by atoms with van der Waals surface area (Å²) in [5, 5.41) is 15.9. The van der Waals surface area contributed by atoms with Gasteiger partial charge in [0.25, 0.3) is 5.91 Å². The summed E-state index contributed by atoms with van der Waals surface area (Å²) in [7, 11) is 0. The number of fused-ring (bicyclic) bond motifs is 1. The Labute approximate surface area is 120 Å². The average Bonchev–Trinajstić information content (AvgIpc) is 2.95. The topological polar surface area (TPSA) is 97.1 Å². The summed E-state index contributed by atoms with van der Waals surface area (Å²) in [4.78, 5) is 27.1. The van der Waals surface area contributed by atoms with Crippen molar-refractivity contribution in [3.05, 3.63) is 47.5 Å². The van der Waals surface area contributed by atoms with E-state index in [0.29, 0.717) is 12.1 Å². The second-order valence-corrected chi connectivity index (χ2v) is 4.95. The molecule has 0 radical (unpaired) electrons. The second kappa shape index (κ2) is 5.35. The maximum absolute atomic E-state index is 12.1. The standard InChI is InChI=1S/C14H14N4O3/c19-13(9-1-3-10(4-2-9)14(20)21)17-11-5-6-12-15-8-16-18(12)7-11/h1-4,8,11H,5-7H2,(H,17,19)(H,20,21). The fourth-order valence-electron chi connectivity index (χ4n) is 2.39. The van der Waals surface area contributed by atoms with Crippen molar-refractivity contribution >= 4 is 11.9 Å². The summed E-state index contributed by atoms with van der Waals surface area (Å²) < 4.78 is 1.79. The molecule has 108 valence electrons. The van der Waals surface area contributed by atoms with Crippen LogP contribution in [0.5, 0.6) is 0 Å². The molecule has 21 heavy (non-hydrogen) atoms. The molecule has 2 N–H and O–H groups in total. The Morgan fingerprint density at radius 1 is 1.24 bits per heavy atom. The first-order chi connectivity index (χ1) is 10.1. The lowest BCUT2D eigenvalue weighted by Crippen LogP contribution is -2.41. The molecule has 1 aliphatic rings. The molecule has 3 rings (SSSR count). The molecule has 2 heterocycles. The van der Waals surface area contributed by atoms with Crippen LogP contribution in [0, 0.1) is 0 Å². The van der Waals surface area contributed by atoms with E-state index in [1.165, 1.54) is 30.6 Å². The maximum atomic E-state index is 12.1. The normalized spacial score (nSPS) is 17.0. The number of aryl methyl sites for hydroxylation is 1. The largest absolute Gasteiger partial charge is 0.478 e. The monoisotopic (exact) mass is 286 g/mol. The van der Waals surface area contributed by atoms with Crippen LogP contribution in [0.25, 0.3) is 0 Å². The van der Waals surface area contributed by atoms with Crippen LogP contribution in [0.4, 0.5) is 0 Å². The van der Waals surface area contributed by atoms with Crippen LogP contribution in [0.3, 0.4) is 0 Å². The van der Waals surface area contributed by atoms with Crippen molar-refractivity contribution in [2.45, 2.75) is 25.4 Å². The van der Waals surface area contributed by atoms with Gasteiger partial charge in [-0.05, 0) is 30.7 Å². The van der Waals surface area contributed by atoms with Crippen LogP contribution in [-0.4, -0.2) is 37.8 Å². The maximum Gasteiger partial charge on any atom is 0.335 e. The number of benzene rings is 1. The van der Waals surface area contributed by atoms with E-state index in [9.17, 15) is 9.59 Å². The number of carbonyl (C=O) groups is 2. The van der Waals surface area contributed by atoms with Crippen molar-refractivity contribution in [1.82, 2.24) is 20.1 Å². The summed E-state index contributed by atoms with van der Waals surface area (Å²) in [5.74, 6) is -0.278. The predicted molar refractivity (Wildman–Crippen MR) is 73.0 cm³/mol. The molecular formula is C14H14N4O3. The first kappa shape index (κ1) is 13.3. The van der Waals surface area contributed by atoms with Gasteiger partial charge in [0.15, 0.2) is 0 Å². The number of carboxylic acid groups (broad SMARTS) is 1. The highest BCUT2D eigenvalue weighted by Crippen LogP contribution is 2.12. The van der Waals surface area contributed by atoms with Gasteiger partial charge < -0.3 is 10.4 Å². The average molecular weight is 286 g/mol. The van der Waals surface area contributed by atoms with E-state index in [4.69, 9.17) is 5.11 Å². The van der Waals surface area contributed by atoms with Crippen LogP contribution >= 0.6 is 0 Å². The van der Waals surface area contributed by atoms with Crippen molar-refractivity contribution in [3.8, 4) is 0 Å². The van der Waals surface area contributed by atoms with E-state index in [0.717, 1.165) is 18.7 Å². The molecular weight excluding hydrogens is 272 g/mol. The fourth-order valence-corrected chi connectivity index (χ4v) is 2.39. The SMILES string of the molecule is O=C(O)c1ccc(C(=O)NC2CCc3ncnn3C2)cc1. The molecule has 0 saturated heterocycles. The zero-order valence-corrected chi connectivity index (χ0v) is 11.2. The summed E-state index contributed by atoms with van der Waals surface area (Å²) in [5.41, 5.74) is 0.612. The smallest absolute Gasteiger partial charge is 0.335 e. The minimum absolute atomic E-state index is 0.00542. The molecule has 1 aromatic heterocycles. The first-order valence-electron chi connectivity index (χ1n) is 6.64. The number of aromatic nitrogens is 3. The van der Waals surface area contributed by atoms with Gasteiger partial charge in [-0.3, -0.25) is 4.79 Å². The van der Waals surface area contributed by atoms with Crippen molar-refractivity contribution in [2.24, 2.45) is 0 Å². The van der Waals surface area contributed by atoms with Crippen molar-refractivity contribution in [3.63, 3.8) is 0 Å². The number of aromatic carboxylic acids is 1. The molecule has 1 amide bonds. The van der Waals surface area contributed by atoms with Crippen LogP contribution < -0.4 is 5.32 Å². The third-order valence-corrected chi connectivity index (χ3v) is 3.53. The van der Waals surface area contributed by atoms with Gasteiger partial charge in [0.05, 0.1) is 12.1 Å². The quantitative estimate of drug-likeness (QED) is 0.866. The van der Waals surface area contributed by atoms with Crippen LogP contribution in [-0.2, 0) is 13.0 Å². The second-order valence-electron chi connectivity index (χ2n) is 4.95. The lowest BCUT2D eigenvalue weighted by molar-refractivity contribution is 0.0696. The number of amides is 1. The molecule has 0 saturated carbocycles. The Morgan fingerprint density at radius 3 is 2.67 bits per heavy atom. The zero-order valence-electron chi connectivity index (χ0n) is 11.2. The highest BCUT2D eigenvalue weighted by Gasteiger charge is 2.21. The molecule has 1 aromatic carbocycles. The number of carbonyl (C=O) groups excluding carboxylic acids is 1. The molecule has 0 fully saturated rings. The van der Waals surface area contributed by atoms with Gasteiger partial charge in [0, 0.05) is 18.0 Å². The number of nitrogens with one attached hydrogen (secondary N) is 1. The molecule has 0 bridgehead atoms. The molecule has 7 nitrogen and oxygen atoms in total. The molecule has 1 atom stereocenters. The lowest BCUT2D eigenvalue weighted by atomic mass is 10.1. The number of rotatable bonds is 3. The molecule has 2 aromatic rings. The Morgan fingerprint density at radius 2 is 1.95 bits per heavy atom. The Bertz CT molecular complexity index is 678. The third kappa shape index (κ3) is 2.76. The van der Waals surface area contributed by atoms with E-state index in [1.54, 1.807) is 4.68 Å². The summed E-state index contributed by atoms with van der Waals surface area (Å²) in [6, 6.07) is 5.89. The van der Waals surface area contributed by atoms with Crippen LogP contribution in [0.15, 0.2) is 30.6 Å². The van der Waals surface area contributed by atoms with Gasteiger partial charge in [-0.2, -0.15) is 5.10 Å². The molecule has 7 heteroatoms. The Hall–Kier alpha value is -2.70. The van der Waals surface area contributed by atoms with E-state index in [1.807, 2.05) is 0 Å². The number of hydrogen-bond acceptors (Lipinski definition) is 4. The van der Waals surface area contributed by atoms with Gasteiger partial charge in [-0.1, -0.05) is 0 Å². The highest BCUT2D eigenvalue weighted by atomic mass is 16.4. The molecule has 0 aliphatic carbocycles. The number of nitrogens with zero attached hydrogens (tertiary/aromatic N) is 3. The van der Waals surface area contributed by atoms with E-state index < -0.39 is 5.97 Å². The van der Waals surface area contributed by atoms with Crippen LogP contribution in [0.2, 0.25) is 0 Å². The van der Waals surface area contributed by atoms with E-state index >= 15 is 0 Å². The summed E-state index contributed by atoms with van der Waals surface area (Å²) in [6.45, 7) is 0.605. The van der Waals surface area contributed by atoms with E-state index in [2.05, 4.69) is 15.4 Å². The fraction of sp³-hybridized carbons (Fsp3) is 0.286. The summed E-state index contributed by atoms with van der Waals surface area (Å²) in [6.07, 6.45) is 3.12. The van der Waals surface area contributed by atoms with Crippen LogP contribution in [0.1, 0.15) is 33.0 Å². The lowest BCUT2D eigenvalue weighted by Gasteiger charge is -2.23. The number of hydrogen-bond donors (Lipinski definition) is 2. The van der Waals surface area contributed by atoms with Crippen molar-refractivity contribution < 1.29 is 14.7 Å². The van der Waals surface area contributed by atoms with Crippen molar-refractivity contribution in [1.29, 1.82) is 0 Å². The molecule has 1 aliphatic heterocycles. The van der Waals surface area contributed by atoms with Gasteiger partial charge in [-0.25, -0.2) is 14.5 Å². The van der Waals surface area contributed by atoms with Gasteiger partial charge in [0.1, 0.15) is 12.2 Å². The Balaban J connectivity index is 1.65. The highest BCUT2D eigenvalue weighted by molar-refractivity contribution is 5.96. The van der Waals surface area contributed by atoms with Crippen molar-refractivity contribution in [2.75, 3.05) is 0 Å².